The van der Waals surface area contributed by atoms with Crippen molar-refractivity contribution in [3.8, 4) is 0 Å². The van der Waals surface area contributed by atoms with Gasteiger partial charge in [-0.3, -0.25) is 4.79 Å². The van der Waals surface area contributed by atoms with Gasteiger partial charge in [-0.25, -0.2) is 0 Å². The Morgan fingerprint density at radius 3 is 2.75 bits per heavy atom. The highest BCUT2D eigenvalue weighted by molar-refractivity contribution is 5.97. The highest BCUT2D eigenvalue weighted by atomic mass is 16.3. The van der Waals surface area contributed by atoms with Crippen LogP contribution in [0.5, 0.6) is 0 Å². The zero-order valence-electron chi connectivity index (χ0n) is 14.7. The van der Waals surface area contributed by atoms with Gasteiger partial charge in [0.25, 0.3) is 5.91 Å². The number of fused-ring (bicyclic) bond motifs is 1. The molecule has 5 nitrogen and oxygen atoms in total. The minimum atomic E-state index is -0.0442. The van der Waals surface area contributed by atoms with E-state index in [2.05, 4.69) is 16.8 Å². The number of amides is 1. The molecule has 0 aliphatic carbocycles. The molecular formula is C19H27N3O2. The second kappa shape index (κ2) is 7.26. The van der Waals surface area contributed by atoms with Gasteiger partial charge in [-0.15, -0.1) is 0 Å². The minimum absolute atomic E-state index is 0.0442. The van der Waals surface area contributed by atoms with Crippen molar-refractivity contribution in [2.75, 3.05) is 26.2 Å². The van der Waals surface area contributed by atoms with E-state index in [1.54, 1.807) is 0 Å². The summed E-state index contributed by atoms with van der Waals surface area (Å²) in [6.07, 6.45) is 3.87. The standard InChI is InChI=1S/C19H27N3O2/c1-14(2)13-22-16-11-15(3)24-18(16)12-17(22)19(23)20-7-10-21-8-5-4-6-9-21/h11-12H,1,4-10,13H2,2-3H3,(H,20,23). The van der Waals surface area contributed by atoms with E-state index < -0.39 is 0 Å². The number of nitrogens with one attached hydrogen (secondary N) is 1. The smallest absolute Gasteiger partial charge is 0.268 e. The number of likely N-dealkylation sites (tertiary alicyclic amines) is 1. The molecule has 130 valence electrons. The zero-order chi connectivity index (χ0) is 17.1. The first-order valence-corrected chi connectivity index (χ1v) is 8.79. The Morgan fingerprint density at radius 2 is 2.04 bits per heavy atom. The van der Waals surface area contributed by atoms with Gasteiger partial charge in [-0.1, -0.05) is 18.6 Å². The molecular weight excluding hydrogens is 302 g/mol. The van der Waals surface area contributed by atoms with E-state index in [-0.39, 0.29) is 5.91 Å². The summed E-state index contributed by atoms with van der Waals surface area (Å²) in [5, 5.41) is 3.05. The summed E-state index contributed by atoms with van der Waals surface area (Å²) >= 11 is 0. The molecule has 24 heavy (non-hydrogen) atoms. The highest BCUT2D eigenvalue weighted by Crippen LogP contribution is 2.24. The maximum absolute atomic E-state index is 12.6. The van der Waals surface area contributed by atoms with E-state index in [0.717, 1.165) is 42.1 Å². The lowest BCUT2D eigenvalue weighted by atomic mass is 10.1. The third-order valence-electron chi connectivity index (χ3n) is 4.54. The lowest BCUT2D eigenvalue weighted by molar-refractivity contribution is 0.0938. The summed E-state index contributed by atoms with van der Waals surface area (Å²) in [6.45, 7) is 12.4. The predicted octanol–water partition coefficient (Wildman–Crippen LogP) is 3.33. The van der Waals surface area contributed by atoms with E-state index in [1.807, 2.05) is 30.5 Å². The lowest BCUT2D eigenvalue weighted by Crippen LogP contribution is -2.38. The highest BCUT2D eigenvalue weighted by Gasteiger charge is 2.18. The third kappa shape index (κ3) is 3.73. The largest absolute Gasteiger partial charge is 0.460 e. The first-order valence-electron chi connectivity index (χ1n) is 8.79. The van der Waals surface area contributed by atoms with Crippen LogP contribution in [-0.4, -0.2) is 41.6 Å². The molecule has 0 spiro atoms. The number of hydrogen-bond donors (Lipinski definition) is 1. The number of furan rings is 1. The molecule has 1 amide bonds. The predicted molar refractivity (Wildman–Crippen MR) is 96.4 cm³/mol. The number of piperidine rings is 1. The fourth-order valence-electron chi connectivity index (χ4n) is 3.39. The fourth-order valence-corrected chi connectivity index (χ4v) is 3.39. The van der Waals surface area contributed by atoms with Crippen LogP contribution in [0.15, 0.2) is 28.7 Å². The van der Waals surface area contributed by atoms with Crippen LogP contribution in [0.3, 0.4) is 0 Å². The van der Waals surface area contributed by atoms with Gasteiger partial charge in [0.1, 0.15) is 11.5 Å². The van der Waals surface area contributed by atoms with Crippen molar-refractivity contribution < 1.29 is 9.21 Å². The summed E-state index contributed by atoms with van der Waals surface area (Å²) in [5.74, 6) is 0.810. The second-order valence-corrected chi connectivity index (χ2v) is 6.84. The number of allylic oxidation sites excluding steroid dienone is 1. The third-order valence-corrected chi connectivity index (χ3v) is 4.54. The Hall–Kier alpha value is -2.01. The molecule has 1 N–H and O–H groups in total. The van der Waals surface area contributed by atoms with E-state index >= 15 is 0 Å². The van der Waals surface area contributed by atoms with Gasteiger partial charge in [0.2, 0.25) is 0 Å². The van der Waals surface area contributed by atoms with Gasteiger partial charge in [0.05, 0.1) is 5.52 Å². The van der Waals surface area contributed by atoms with Crippen molar-refractivity contribution in [2.24, 2.45) is 0 Å². The Bertz CT molecular complexity index is 735. The number of rotatable bonds is 6. The SMILES string of the molecule is C=C(C)Cn1c(C(=O)NCCN2CCCCC2)cc2oc(C)cc21. The van der Waals surface area contributed by atoms with Crippen LogP contribution in [0.1, 0.15) is 42.4 Å². The van der Waals surface area contributed by atoms with E-state index in [0.29, 0.717) is 18.8 Å². The van der Waals surface area contributed by atoms with Crippen LogP contribution in [0, 0.1) is 6.92 Å². The molecule has 5 heteroatoms. The fraction of sp³-hybridized carbons (Fsp3) is 0.526. The van der Waals surface area contributed by atoms with Crippen molar-refractivity contribution in [2.45, 2.75) is 39.7 Å². The number of hydrogen-bond acceptors (Lipinski definition) is 3. The minimum Gasteiger partial charge on any atom is -0.460 e. The van der Waals surface area contributed by atoms with Gasteiger partial charge >= 0.3 is 0 Å². The number of aromatic nitrogens is 1. The van der Waals surface area contributed by atoms with Crippen molar-refractivity contribution in [1.82, 2.24) is 14.8 Å². The van der Waals surface area contributed by atoms with E-state index in [9.17, 15) is 4.79 Å². The quantitative estimate of drug-likeness (QED) is 0.827. The normalized spacial score (nSPS) is 15.8. The van der Waals surface area contributed by atoms with Crippen molar-refractivity contribution in [3.05, 3.63) is 35.7 Å². The first-order chi connectivity index (χ1) is 11.5. The molecule has 1 aliphatic rings. The maximum atomic E-state index is 12.6. The molecule has 0 unspecified atom stereocenters. The van der Waals surface area contributed by atoms with Crippen molar-refractivity contribution >= 4 is 17.0 Å². The summed E-state index contributed by atoms with van der Waals surface area (Å²) in [4.78, 5) is 15.0. The molecule has 2 aromatic rings. The number of carbonyl (C=O) groups is 1. The monoisotopic (exact) mass is 329 g/mol. The van der Waals surface area contributed by atoms with Crippen molar-refractivity contribution in [3.63, 3.8) is 0 Å². The van der Waals surface area contributed by atoms with Gasteiger partial charge in [0, 0.05) is 31.8 Å². The molecule has 1 aliphatic heterocycles. The Morgan fingerprint density at radius 1 is 1.29 bits per heavy atom. The molecule has 2 aromatic heterocycles. The number of carbonyl (C=O) groups excluding carboxylic acids is 1. The van der Waals surface area contributed by atoms with Crippen LogP contribution in [-0.2, 0) is 6.54 Å². The zero-order valence-corrected chi connectivity index (χ0v) is 14.7. The average molecular weight is 329 g/mol. The molecule has 0 radical (unpaired) electrons. The van der Waals surface area contributed by atoms with E-state index in [4.69, 9.17) is 4.42 Å². The summed E-state index contributed by atoms with van der Waals surface area (Å²) in [6, 6.07) is 3.81. The molecule has 0 saturated carbocycles. The molecule has 3 rings (SSSR count). The van der Waals surface area contributed by atoms with Crippen LogP contribution < -0.4 is 5.32 Å². The topological polar surface area (TPSA) is 50.4 Å². The second-order valence-electron chi connectivity index (χ2n) is 6.84. The molecule has 3 heterocycles. The Balaban J connectivity index is 1.69. The lowest BCUT2D eigenvalue weighted by Gasteiger charge is -2.26. The van der Waals surface area contributed by atoms with Crippen LogP contribution >= 0.6 is 0 Å². The number of nitrogens with zero attached hydrogens (tertiary/aromatic N) is 2. The van der Waals surface area contributed by atoms with Gasteiger partial charge in [-0.2, -0.15) is 0 Å². The maximum Gasteiger partial charge on any atom is 0.268 e. The van der Waals surface area contributed by atoms with Crippen LogP contribution in [0.4, 0.5) is 0 Å². The van der Waals surface area contributed by atoms with Gasteiger partial charge < -0.3 is 19.2 Å². The Labute approximate surface area is 143 Å². The molecule has 0 atom stereocenters. The molecule has 0 bridgehead atoms. The number of aryl methyl sites for hydroxylation is 1. The van der Waals surface area contributed by atoms with Crippen molar-refractivity contribution in [1.29, 1.82) is 0 Å². The average Bonchev–Trinajstić information content (AvgIpc) is 3.05. The van der Waals surface area contributed by atoms with Crippen LogP contribution in [0.2, 0.25) is 0 Å². The molecule has 0 aromatic carbocycles. The van der Waals surface area contributed by atoms with Crippen LogP contribution in [0.25, 0.3) is 11.1 Å². The van der Waals surface area contributed by atoms with E-state index in [1.165, 1.54) is 19.3 Å². The van der Waals surface area contributed by atoms with Gasteiger partial charge in [0.15, 0.2) is 5.58 Å². The summed E-state index contributed by atoms with van der Waals surface area (Å²) in [5.41, 5.74) is 3.37. The molecule has 1 saturated heterocycles. The van der Waals surface area contributed by atoms with Gasteiger partial charge in [-0.05, 0) is 39.8 Å². The first kappa shape index (κ1) is 16.8. The Kier molecular flexibility index (Phi) is 5.09. The summed E-state index contributed by atoms with van der Waals surface area (Å²) < 4.78 is 7.67. The summed E-state index contributed by atoms with van der Waals surface area (Å²) in [7, 11) is 0. The molecule has 1 fully saturated rings.